The average molecular weight is 325 g/mol. The Hall–Kier alpha value is -2.62. The van der Waals surface area contributed by atoms with Crippen LogP contribution in [0.3, 0.4) is 0 Å². The SMILES string of the molecule is CCOC(=O)CCN(CCc1ccccc1)C(=O)c1ccccc1. The van der Waals surface area contributed by atoms with Crippen molar-refractivity contribution in [1.29, 1.82) is 0 Å². The van der Waals surface area contributed by atoms with Crippen LogP contribution in [-0.2, 0) is 16.0 Å². The van der Waals surface area contributed by atoms with Gasteiger partial charge in [0.05, 0.1) is 13.0 Å². The second-order valence-corrected chi connectivity index (χ2v) is 5.45. The summed E-state index contributed by atoms with van der Waals surface area (Å²) in [5, 5.41) is 0. The van der Waals surface area contributed by atoms with E-state index in [1.807, 2.05) is 48.5 Å². The number of rotatable bonds is 8. The van der Waals surface area contributed by atoms with Gasteiger partial charge in [-0.2, -0.15) is 0 Å². The van der Waals surface area contributed by atoms with Crippen LogP contribution < -0.4 is 0 Å². The highest BCUT2D eigenvalue weighted by molar-refractivity contribution is 5.94. The molecule has 0 saturated heterocycles. The van der Waals surface area contributed by atoms with E-state index < -0.39 is 0 Å². The first-order valence-electron chi connectivity index (χ1n) is 8.24. The molecule has 4 nitrogen and oxygen atoms in total. The van der Waals surface area contributed by atoms with Crippen molar-refractivity contribution >= 4 is 11.9 Å². The van der Waals surface area contributed by atoms with E-state index in [4.69, 9.17) is 4.74 Å². The molecule has 0 aromatic heterocycles. The van der Waals surface area contributed by atoms with Gasteiger partial charge in [-0.15, -0.1) is 0 Å². The lowest BCUT2D eigenvalue weighted by atomic mass is 10.1. The molecule has 0 fully saturated rings. The second kappa shape index (κ2) is 9.50. The number of benzene rings is 2. The maximum absolute atomic E-state index is 12.7. The molecule has 1 amide bonds. The van der Waals surface area contributed by atoms with Crippen molar-refractivity contribution in [2.75, 3.05) is 19.7 Å². The fourth-order valence-corrected chi connectivity index (χ4v) is 2.45. The van der Waals surface area contributed by atoms with E-state index >= 15 is 0 Å². The Morgan fingerprint density at radius 1 is 0.917 bits per heavy atom. The Bertz CT molecular complexity index is 640. The molecule has 126 valence electrons. The van der Waals surface area contributed by atoms with Crippen molar-refractivity contribution in [2.45, 2.75) is 19.8 Å². The lowest BCUT2D eigenvalue weighted by Gasteiger charge is -2.22. The number of ether oxygens (including phenoxy) is 1. The number of carbonyl (C=O) groups excluding carboxylic acids is 2. The molecule has 0 heterocycles. The molecule has 0 unspecified atom stereocenters. The van der Waals surface area contributed by atoms with Crippen LogP contribution in [0.1, 0.15) is 29.3 Å². The van der Waals surface area contributed by atoms with Crippen molar-refractivity contribution in [1.82, 2.24) is 4.90 Å². The van der Waals surface area contributed by atoms with Gasteiger partial charge in [-0.25, -0.2) is 0 Å². The molecule has 0 bridgehead atoms. The summed E-state index contributed by atoms with van der Waals surface area (Å²) in [6.45, 7) is 3.06. The third kappa shape index (κ3) is 5.54. The molecule has 4 heteroatoms. The molecule has 0 radical (unpaired) electrons. The molecule has 0 spiro atoms. The molecule has 2 aromatic rings. The summed E-state index contributed by atoms with van der Waals surface area (Å²) < 4.78 is 4.96. The van der Waals surface area contributed by atoms with E-state index in [9.17, 15) is 9.59 Å². The normalized spacial score (nSPS) is 10.2. The number of carbonyl (C=O) groups is 2. The second-order valence-electron chi connectivity index (χ2n) is 5.45. The van der Waals surface area contributed by atoms with Crippen LogP contribution in [-0.4, -0.2) is 36.5 Å². The van der Waals surface area contributed by atoms with E-state index in [2.05, 4.69) is 0 Å². The third-order valence-corrected chi connectivity index (χ3v) is 3.71. The van der Waals surface area contributed by atoms with Crippen LogP contribution in [0.2, 0.25) is 0 Å². The summed E-state index contributed by atoms with van der Waals surface area (Å²) in [5.74, 6) is -0.334. The quantitative estimate of drug-likeness (QED) is 0.700. The van der Waals surface area contributed by atoms with Crippen LogP contribution in [0.4, 0.5) is 0 Å². The molecular formula is C20H23NO3. The van der Waals surface area contributed by atoms with Gasteiger partial charge in [0.1, 0.15) is 0 Å². The predicted molar refractivity (Wildman–Crippen MR) is 93.7 cm³/mol. The van der Waals surface area contributed by atoms with E-state index in [0.29, 0.717) is 25.3 Å². The summed E-state index contributed by atoms with van der Waals surface area (Å²) in [6.07, 6.45) is 0.962. The maximum atomic E-state index is 12.7. The number of hydrogen-bond acceptors (Lipinski definition) is 3. The Balaban J connectivity index is 2.02. The summed E-state index contributed by atoms with van der Waals surface area (Å²) in [7, 11) is 0. The van der Waals surface area contributed by atoms with Crippen LogP contribution >= 0.6 is 0 Å². The van der Waals surface area contributed by atoms with Crippen LogP contribution in [0, 0.1) is 0 Å². The minimum atomic E-state index is -0.275. The van der Waals surface area contributed by atoms with Gasteiger partial charge in [-0.3, -0.25) is 9.59 Å². The molecule has 2 rings (SSSR count). The van der Waals surface area contributed by atoms with Crippen LogP contribution in [0.15, 0.2) is 60.7 Å². The molecule has 0 aliphatic rings. The van der Waals surface area contributed by atoms with Crippen molar-refractivity contribution in [2.24, 2.45) is 0 Å². The molecule has 2 aromatic carbocycles. The number of nitrogens with zero attached hydrogens (tertiary/aromatic N) is 1. The van der Waals surface area contributed by atoms with E-state index in [0.717, 1.165) is 6.42 Å². The molecule has 0 aliphatic carbocycles. The zero-order valence-corrected chi connectivity index (χ0v) is 14.0. The lowest BCUT2D eigenvalue weighted by molar-refractivity contribution is -0.143. The number of esters is 1. The van der Waals surface area contributed by atoms with Gasteiger partial charge in [-0.1, -0.05) is 48.5 Å². The standard InChI is InChI=1S/C20H23NO3/c1-2-24-19(22)14-16-21(15-13-17-9-5-3-6-10-17)20(23)18-11-7-4-8-12-18/h3-12H,2,13-16H2,1H3. The van der Waals surface area contributed by atoms with Gasteiger partial charge in [0.15, 0.2) is 0 Å². The third-order valence-electron chi connectivity index (χ3n) is 3.71. The van der Waals surface area contributed by atoms with Gasteiger partial charge in [0.2, 0.25) is 0 Å². The first kappa shape index (κ1) is 17.7. The van der Waals surface area contributed by atoms with Crippen molar-refractivity contribution in [3.8, 4) is 0 Å². The minimum Gasteiger partial charge on any atom is -0.466 e. The Labute approximate surface area is 143 Å². The highest BCUT2D eigenvalue weighted by Crippen LogP contribution is 2.08. The molecule has 0 N–H and O–H groups in total. The first-order chi connectivity index (χ1) is 11.7. The molecule has 0 saturated carbocycles. The fraction of sp³-hybridized carbons (Fsp3) is 0.300. The Morgan fingerprint density at radius 2 is 1.54 bits per heavy atom. The average Bonchev–Trinajstić information content (AvgIpc) is 2.63. The monoisotopic (exact) mass is 325 g/mol. The van der Waals surface area contributed by atoms with Crippen molar-refractivity contribution in [3.63, 3.8) is 0 Å². The zero-order chi connectivity index (χ0) is 17.2. The number of amides is 1. The predicted octanol–water partition coefficient (Wildman–Crippen LogP) is 3.32. The van der Waals surface area contributed by atoms with Crippen LogP contribution in [0.25, 0.3) is 0 Å². The largest absolute Gasteiger partial charge is 0.466 e. The number of hydrogen-bond donors (Lipinski definition) is 0. The van der Waals surface area contributed by atoms with Gasteiger partial charge in [-0.05, 0) is 31.0 Å². The van der Waals surface area contributed by atoms with Gasteiger partial charge < -0.3 is 9.64 Å². The summed E-state index contributed by atoms with van der Waals surface area (Å²) in [4.78, 5) is 26.1. The summed E-state index contributed by atoms with van der Waals surface area (Å²) >= 11 is 0. The summed E-state index contributed by atoms with van der Waals surface area (Å²) in [6, 6.07) is 19.2. The molecular weight excluding hydrogens is 302 g/mol. The highest BCUT2D eigenvalue weighted by atomic mass is 16.5. The van der Waals surface area contributed by atoms with E-state index in [-0.39, 0.29) is 18.3 Å². The molecule has 0 aliphatic heterocycles. The van der Waals surface area contributed by atoms with Crippen molar-refractivity contribution < 1.29 is 14.3 Å². The van der Waals surface area contributed by atoms with E-state index in [1.165, 1.54) is 5.56 Å². The van der Waals surface area contributed by atoms with Gasteiger partial charge in [0, 0.05) is 18.7 Å². The molecule has 24 heavy (non-hydrogen) atoms. The fourth-order valence-electron chi connectivity index (χ4n) is 2.45. The first-order valence-corrected chi connectivity index (χ1v) is 8.24. The Morgan fingerprint density at radius 3 is 2.17 bits per heavy atom. The highest BCUT2D eigenvalue weighted by Gasteiger charge is 2.17. The maximum Gasteiger partial charge on any atom is 0.307 e. The topological polar surface area (TPSA) is 46.6 Å². The lowest BCUT2D eigenvalue weighted by Crippen LogP contribution is -2.35. The van der Waals surface area contributed by atoms with Crippen LogP contribution in [0.5, 0.6) is 0 Å². The Kier molecular flexibility index (Phi) is 7.02. The van der Waals surface area contributed by atoms with Gasteiger partial charge >= 0.3 is 5.97 Å². The smallest absolute Gasteiger partial charge is 0.307 e. The molecule has 0 atom stereocenters. The summed E-state index contributed by atoms with van der Waals surface area (Å²) in [5.41, 5.74) is 1.80. The van der Waals surface area contributed by atoms with Crippen molar-refractivity contribution in [3.05, 3.63) is 71.8 Å². The van der Waals surface area contributed by atoms with E-state index in [1.54, 1.807) is 24.0 Å². The zero-order valence-electron chi connectivity index (χ0n) is 14.0. The van der Waals surface area contributed by atoms with Gasteiger partial charge in [0.25, 0.3) is 5.91 Å². The minimum absolute atomic E-state index is 0.0594.